The Morgan fingerprint density at radius 3 is 2.00 bits per heavy atom. The SMILES string of the molecule is NC(=NC1CC(N2CCCCC2)C1)N1CCCCCC1. The van der Waals surface area contributed by atoms with Gasteiger partial charge in [0.05, 0.1) is 6.04 Å². The van der Waals surface area contributed by atoms with E-state index in [4.69, 9.17) is 10.7 Å². The molecule has 4 heteroatoms. The summed E-state index contributed by atoms with van der Waals surface area (Å²) >= 11 is 0. The monoisotopic (exact) mass is 278 g/mol. The highest BCUT2D eigenvalue weighted by molar-refractivity contribution is 5.78. The van der Waals surface area contributed by atoms with Crippen LogP contribution in [0.2, 0.25) is 0 Å². The van der Waals surface area contributed by atoms with Gasteiger partial charge in [-0.1, -0.05) is 19.3 Å². The maximum atomic E-state index is 6.21. The number of piperidine rings is 1. The molecule has 0 unspecified atom stereocenters. The fourth-order valence-corrected chi connectivity index (χ4v) is 3.81. The molecule has 0 amide bonds. The van der Waals surface area contributed by atoms with Gasteiger partial charge in [-0.25, -0.2) is 4.99 Å². The fourth-order valence-electron chi connectivity index (χ4n) is 3.81. The molecule has 2 N–H and O–H groups in total. The maximum Gasteiger partial charge on any atom is 0.191 e. The van der Waals surface area contributed by atoms with E-state index in [-0.39, 0.29) is 0 Å². The van der Waals surface area contributed by atoms with Crippen molar-refractivity contribution < 1.29 is 0 Å². The lowest BCUT2D eigenvalue weighted by Gasteiger charge is -2.43. The van der Waals surface area contributed by atoms with Gasteiger partial charge in [0.25, 0.3) is 0 Å². The van der Waals surface area contributed by atoms with Gasteiger partial charge >= 0.3 is 0 Å². The molecule has 1 saturated carbocycles. The second kappa shape index (κ2) is 6.79. The first kappa shape index (κ1) is 14.2. The van der Waals surface area contributed by atoms with Crippen LogP contribution in [0.3, 0.4) is 0 Å². The van der Waals surface area contributed by atoms with Crippen molar-refractivity contribution in [2.45, 2.75) is 69.9 Å². The Labute approximate surface area is 123 Å². The van der Waals surface area contributed by atoms with Crippen LogP contribution in [-0.4, -0.2) is 54.0 Å². The zero-order valence-corrected chi connectivity index (χ0v) is 12.8. The molecule has 0 radical (unpaired) electrons. The van der Waals surface area contributed by atoms with Crippen LogP contribution in [-0.2, 0) is 0 Å². The smallest absolute Gasteiger partial charge is 0.191 e. The summed E-state index contributed by atoms with van der Waals surface area (Å²) in [4.78, 5) is 9.77. The Bertz CT molecular complexity index is 321. The predicted molar refractivity (Wildman–Crippen MR) is 83.9 cm³/mol. The molecule has 0 spiro atoms. The summed E-state index contributed by atoms with van der Waals surface area (Å²) < 4.78 is 0. The molecule has 2 heterocycles. The van der Waals surface area contributed by atoms with Gasteiger partial charge in [0.15, 0.2) is 5.96 Å². The lowest BCUT2D eigenvalue weighted by molar-refractivity contribution is 0.0908. The van der Waals surface area contributed by atoms with Crippen molar-refractivity contribution in [3.05, 3.63) is 0 Å². The lowest BCUT2D eigenvalue weighted by atomic mass is 9.85. The van der Waals surface area contributed by atoms with Crippen LogP contribution in [0.25, 0.3) is 0 Å². The molecule has 20 heavy (non-hydrogen) atoms. The Morgan fingerprint density at radius 1 is 0.800 bits per heavy atom. The lowest BCUT2D eigenvalue weighted by Crippen LogP contribution is -2.49. The second-order valence-electron chi connectivity index (χ2n) is 6.76. The highest BCUT2D eigenvalue weighted by Crippen LogP contribution is 2.30. The van der Waals surface area contributed by atoms with E-state index in [1.165, 1.54) is 70.9 Å². The Hall–Kier alpha value is -0.770. The number of guanidine groups is 1. The van der Waals surface area contributed by atoms with Crippen LogP contribution in [0.1, 0.15) is 57.8 Å². The van der Waals surface area contributed by atoms with Crippen molar-refractivity contribution in [1.29, 1.82) is 0 Å². The molecule has 0 bridgehead atoms. The molecular weight excluding hydrogens is 248 g/mol. The van der Waals surface area contributed by atoms with E-state index in [0.29, 0.717) is 6.04 Å². The number of likely N-dealkylation sites (tertiary alicyclic amines) is 2. The van der Waals surface area contributed by atoms with E-state index in [0.717, 1.165) is 25.1 Å². The van der Waals surface area contributed by atoms with Gasteiger partial charge in [-0.2, -0.15) is 0 Å². The van der Waals surface area contributed by atoms with Crippen molar-refractivity contribution in [3.63, 3.8) is 0 Å². The maximum absolute atomic E-state index is 6.21. The first-order chi connectivity index (χ1) is 9.83. The molecule has 114 valence electrons. The average Bonchev–Trinajstić information content (AvgIpc) is 2.72. The van der Waals surface area contributed by atoms with Crippen molar-refractivity contribution in [2.75, 3.05) is 26.2 Å². The molecule has 0 aromatic heterocycles. The van der Waals surface area contributed by atoms with Crippen LogP contribution >= 0.6 is 0 Å². The van der Waals surface area contributed by atoms with Gasteiger partial charge < -0.3 is 15.5 Å². The highest BCUT2D eigenvalue weighted by atomic mass is 15.3. The molecule has 3 fully saturated rings. The fraction of sp³-hybridized carbons (Fsp3) is 0.938. The molecule has 2 aliphatic heterocycles. The zero-order valence-electron chi connectivity index (χ0n) is 12.8. The third kappa shape index (κ3) is 3.46. The van der Waals surface area contributed by atoms with Gasteiger partial charge in [-0.3, -0.25) is 0 Å². The number of nitrogens with zero attached hydrogens (tertiary/aromatic N) is 3. The number of hydrogen-bond donors (Lipinski definition) is 1. The van der Waals surface area contributed by atoms with Crippen LogP contribution in [0.5, 0.6) is 0 Å². The van der Waals surface area contributed by atoms with E-state index in [9.17, 15) is 0 Å². The molecular formula is C16H30N4. The molecule has 4 nitrogen and oxygen atoms in total. The van der Waals surface area contributed by atoms with E-state index in [1.807, 2.05) is 0 Å². The summed E-state index contributed by atoms with van der Waals surface area (Å²) in [7, 11) is 0. The molecule has 3 aliphatic rings. The van der Waals surface area contributed by atoms with Gasteiger partial charge in [0.1, 0.15) is 0 Å². The molecule has 0 aromatic carbocycles. The van der Waals surface area contributed by atoms with Gasteiger partial charge in [0.2, 0.25) is 0 Å². The minimum Gasteiger partial charge on any atom is -0.370 e. The second-order valence-corrected chi connectivity index (χ2v) is 6.76. The molecule has 3 rings (SSSR count). The first-order valence-electron chi connectivity index (χ1n) is 8.65. The molecule has 1 aliphatic carbocycles. The van der Waals surface area contributed by atoms with Gasteiger partial charge in [-0.15, -0.1) is 0 Å². The molecule has 0 aromatic rings. The van der Waals surface area contributed by atoms with Crippen LogP contribution < -0.4 is 5.73 Å². The quantitative estimate of drug-likeness (QED) is 0.622. The summed E-state index contributed by atoms with van der Waals surface area (Å²) in [6.45, 7) is 4.83. The Morgan fingerprint density at radius 2 is 1.35 bits per heavy atom. The third-order valence-electron chi connectivity index (χ3n) is 5.24. The van der Waals surface area contributed by atoms with E-state index in [1.54, 1.807) is 0 Å². The minimum atomic E-state index is 0.491. The number of rotatable bonds is 2. The van der Waals surface area contributed by atoms with E-state index >= 15 is 0 Å². The van der Waals surface area contributed by atoms with Gasteiger partial charge in [-0.05, 0) is 51.6 Å². The Kier molecular flexibility index (Phi) is 4.81. The number of hydrogen-bond acceptors (Lipinski definition) is 2. The van der Waals surface area contributed by atoms with Crippen LogP contribution in [0, 0.1) is 0 Å². The minimum absolute atomic E-state index is 0.491. The molecule has 0 atom stereocenters. The average molecular weight is 278 g/mol. The summed E-state index contributed by atoms with van der Waals surface area (Å²) in [5.74, 6) is 0.814. The number of aliphatic imine (C=N–C) groups is 1. The summed E-state index contributed by atoms with van der Waals surface area (Å²) in [6.07, 6.45) is 11.9. The van der Waals surface area contributed by atoms with Crippen molar-refractivity contribution >= 4 is 5.96 Å². The van der Waals surface area contributed by atoms with E-state index < -0.39 is 0 Å². The van der Waals surface area contributed by atoms with Gasteiger partial charge in [0, 0.05) is 19.1 Å². The summed E-state index contributed by atoms with van der Waals surface area (Å²) in [6, 6.07) is 1.28. The normalized spacial score (nSPS) is 33.6. The van der Waals surface area contributed by atoms with Crippen LogP contribution in [0.15, 0.2) is 4.99 Å². The van der Waals surface area contributed by atoms with Crippen molar-refractivity contribution in [2.24, 2.45) is 10.7 Å². The highest BCUT2D eigenvalue weighted by Gasteiger charge is 2.34. The number of nitrogens with two attached hydrogens (primary N) is 1. The standard InChI is InChI=1S/C16H30N4/c17-16(20-10-4-1-2-5-11-20)18-14-12-15(13-14)19-8-6-3-7-9-19/h14-15H,1-13H2,(H2,17,18). The summed E-state index contributed by atoms with van der Waals surface area (Å²) in [5.41, 5.74) is 6.21. The predicted octanol–water partition coefficient (Wildman–Crippen LogP) is 2.19. The van der Waals surface area contributed by atoms with Crippen molar-refractivity contribution in [1.82, 2.24) is 9.80 Å². The largest absolute Gasteiger partial charge is 0.370 e. The van der Waals surface area contributed by atoms with E-state index in [2.05, 4.69) is 9.80 Å². The summed E-state index contributed by atoms with van der Waals surface area (Å²) in [5, 5.41) is 0. The zero-order chi connectivity index (χ0) is 13.8. The van der Waals surface area contributed by atoms with Crippen molar-refractivity contribution in [3.8, 4) is 0 Å². The van der Waals surface area contributed by atoms with Crippen LogP contribution in [0.4, 0.5) is 0 Å². The Balaban J connectivity index is 1.45. The first-order valence-corrected chi connectivity index (χ1v) is 8.65. The third-order valence-corrected chi connectivity index (χ3v) is 5.24. The molecule has 2 saturated heterocycles. The topological polar surface area (TPSA) is 44.9 Å².